The summed E-state index contributed by atoms with van der Waals surface area (Å²) in [4.78, 5) is 15.1. The molecule has 158 valence electrons. The van der Waals surface area contributed by atoms with Crippen molar-refractivity contribution in [2.45, 2.75) is 44.4 Å². The topological polar surface area (TPSA) is 50.8 Å². The van der Waals surface area contributed by atoms with Crippen LogP contribution in [0.5, 0.6) is 5.75 Å². The van der Waals surface area contributed by atoms with E-state index >= 15 is 0 Å². The Morgan fingerprint density at radius 2 is 1.93 bits per heavy atom. The zero-order chi connectivity index (χ0) is 20.9. The van der Waals surface area contributed by atoms with Crippen molar-refractivity contribution >= 4 is 6.09 Å². The molecule has 0 radical (unpaired) electrons. The van der Waals surface area contributed by atoms with E-state index in [-0.39, 0.29) is 18.0 Å². The summed E-state index contributed by atoms with van der Waals surface area (Å²) >= 11 is 0. The molecule has 4 aliphatic heterocycles. The van der Waals surface area contributed by atoms with Crippen LogP contribution in [0.4, 0.5) is 9.18 Å². The van der Waals surface area contributed by atoms with E-state index in [0.29, 0.717) is 11.7 Å². The average molecular weight is 410 g/mol. The van der Waals surface area contributed by atoms with Gasteiger partial charge in [0.05, 0.1) is 0 Å². The predicted octanol–water partition coefficient (Wildman–Crippen LogP) is 4.53. The number of hydrogen-bond acceptors (Lipinski definition) is 4. The fraction of sp³-hybridized carbons (Fsp3) is 0.458. The summed E-state index contributed by atoms with van der Waals surface area (Å²) in [6.45, 7) is 6.95. The van der Waals surface area contributed by atoms with Gasteiger partial charge in [-0.3, -0.25) is 4.90 Å². The molecule has 30 heavy (non-hydrogen) atoms. The van der Waals surface area contributed by atoms with Crippen molar-refractivity contribution in [3.8, 4) is 16.9 Å². The predicted molar refractivity (Wildman–Crippen MR) is 112 cm³/mol. The lowest BCUT2D eigenvalue weighted by Crippen LogP contribution is -2.53. The maximum atomic E-state index is 13.6. The lowest BCUT2D eigenvalue weighted by Gasteiger charge is -2.44. The van der Waals surface area contributed by atoms with E-state index in [0.717, 1.165) is 49.2 Å². The van der Waals surface area contributed by atoms with Crippen LogP contribution in [-0.4, -0.2) is 42.3 Å². The molecule has 0 aromatic heterocycles. The standard InChI is InChI=1S/C24H27FN2O3/c1-24(2)22(26-23(28)29-21-14-27-10-8-15(21)9-11-27)19-7-6-17(13-20(19)30-24)16-4-3-5-18(25)12-16/h3-7,12-13,15,21-22H,8-11,14H2,1-2H3,(H,26,28)/t21-,22?/m0/s1. The van der Waals surface area contributed by atoms with Crippen molar-refractivity contribution in [2.75, 3.05) is 19.6 Å². The third-order valence-corrected chi connectivity index (χ3v) is 6.67. The Kier molecular flexibility index (Phi) is 4.69. The number of alkyl carbamates (subject to hydrolysis) is 1. The van der Waals surface area contributed by atoms with Crippen molar-refractivity contribution in [1.82, 2.24) is 10.2 Å². The molecule has 2 atom stereocenters. The van der Waals surface area contributed by atoms with E-state index in [9.17, 15) is 9.18 Å². The van der Waals surface area contributed by atoms with Gasteiger partial charge in [-0.15, -0.1) is 0 Å². The highest BCUT2D eigenvalue weighted by Crippen LogP contribution is 2.44. The lowest BCUT2D eigenvalue weighted by molar-refractivity contribution is -0.0358. The van der Waals surface area contributed by atoms with E-state index in [1.807, 2.05) is 38.1 Å². The molecule has 0 saturated carbocycles. The van der Waals surface area contributed by atoms with Crippen LogP contribution in [0.25, 0.3) is 11.1 Å². The molecule has 4 aliphatic rings. The van der Waals surface area contributed by atoms with Gasteiger partial charge in [0.2, 0.25) is 0 Å². The number of amides is 1. The first-order chi connectivity index (χ1) is 14.4. The van der Waals surface area contributed by atoms with Crippen molar-refractivity contribution in [2.24, 2.45) is 5.92 Å². The Bertz CT molecular complexity index is 969. The molecule has 0 spiro atoms. The van der Waals surface area contributed by atoms with Gasteiger partial charge in [0.25, 0.3) is 0 Å². The zero-order valence-corrected chi connectivity index (χ0v) is 17.4. The van der Waals surface area contributed by atoms with Crippen LogP contribution in [0.3, 0.4) is 0 Å². The van der Waals surface area contributed by atoms with E-state index < -0.39 is 11.7 Å². The molecular formula is C24H27FN2O3. The van der Waals surface area contributed by atoms with E-state index in [2.05, 4.69) is 10.2 Å². The summed E-state index contributed by atoms with van der Waals surface area (Å²) in [7, 11) is 0. The van der Waals surface area contributed by atoms with E-state index in [1.54, 1.807) is 6.07 Å². The summed E-state index contributed by atoms with van der Waals surface area (Å²) in [5, 5.41) is 3.04. The van der Waals surface area contributed by atoms with Gasteiger partial charge in [0.1, 0.15) is 29.3 Å². The van der Waals surface area contributed by atoms with Crippen LogP contribution in [-0.2, 0) is 4.74 Å². The van der Waals surface area contributed by atoms with Crippen LogP contribution in [0.2, 0.25) is 0 Å². The highest BCUT2D eigenvalue weighted by Gasteiger charge is 2.43. The molecular weight excluding hydrogens is 383 g/mol. The van der Waals surface area contributed by atoms with Gasteiger partial charge in [-0.25, -0.2) is 9.18 Å². The summed E-state index contributed by atoms with van der Waals surface area (Å²) in [6.07, 6.45) is 1.77. The van der Waals surface area contributed by atoms with Gasteiger partial charge in [-0.05, 0) is 75.0 Å². The molecule has 3 fully saturated rings. The molecule has 3 saturated heterocycles. The smallest absolute Gasteiger partial charge is 0.408 e. The van der Waals surface area contributed by atoms with E-state index in [4.69, 9.17) is 9.47 Å². The fourth-order valence-corrected chi connectivity index (χ4v) is 5.01. The van der Waals surface area contributed by atoms with Crippen molar-refractivity contribution in [3.63, 3.8) is 0 Å². The minimum atomic E-state index is -0.614. The fourth-order valence-electron chi connectivity index (χ4n) is 5.01. The minimum absolute atomic E-state index is 0.0345. The molecule has 2 aromatic carbocycles. The van der Waals surface area contributed by atoms with Gasteiger partial charge in [0, 0.05) is 12.1 Å². The second-order valence-electron chi connectivity index (χ2n) is 9.13. The van der Waals surface area contributed by atoms with Crippen molar-refractivity contribution in [1.29, 1.82) is 0 Å². The highest BCUT2D eigenvalue weighted by molar-refractivity contribution is 5.71. The quantitative estimate of drug-likeness (QED) is 0.808. The number of benzene rings is 2. The number of nitrogens with zero attached hydrogens (tertiary/aromatic N) is 1. The first kappa shape index (κ1) is 19.4. The number of ether oxygens (including phenoxy) is 2. The Balaban J connectivity index is 1.33. The third-order valence-electron chi connectivity index (χ3n) is 6.67. The second kappa shape index (κ2) is 7.27. The first-order valence-electron chi connectivity index (χ1n) is 10.7. The summed E-state index contributed by atoms with van der Waals surface area (Å²) in [5.74, 6) is 0.897. The second-order valence-corrected chi connectivity index (χ2v) is 9.13. The van der Waals surface area contributed by atoms with Crippen LogP contribution in [0, 0.1) is 11.7 Å². The number of hydrogen-bond donors (Lipinski definition) is 1. The molecule has 6 heteroatoms. The Morgan fingerprint density at radius 1 is 1.17 bits per heavy atom. The summed E-state index contributed by atoms with van der Waals surface area (Å²) in [6, 6.07) is 12.0. The average Bonchev–Trinajstić information content (AvgIpc) is 2.97. The van der Waals surface area contributed by atoms with Crippen molar-refractivity contribution < 1.29 is 18.7 Å². The highest BCUT2D eigenvalue weighted by atomic mass is 19.1. The Hall–Kier alpha value is -2.60. The van der Waals surface area contributed by atoms with Gasteiger partial charge in [0.15, 0.2) is 0 Å². The molecule has 2 bridgehead atoms. The maximum Gasteiger partial charge on any atom is 0.408 e. The van der Waals surface area contributed by atoms with E-state index in [1.165, 1.54) is 12.1 Å². The lowest BCUT2D eigenvalue weighted by atomic mass is 9.86. The van der Waals surface area contributed by atoms with Gasteiger partial charge >= 0.3 is 6.09 Å². The minimum Gasteiger partial charge on any atom is -0.485 e. The van der Waals surface area contributed by atoms with Crippen molar-refractivity contribution in [3.05, 3.63) is 53.8 Å². The van der Waals surface area contributed by atoms with Crippen LogP contribution < -0.4 is 10.1 Å². The number of carbonyl (C=O) groups excluding carboxylic acids is 1. The third kappa shape index (κ3) is 3.54. The molecule has 0 aliphatic carbocycles. The molecule has 1 unspecified atom stereocenters. The van der Waals surface area contributed by atoms with Crippen LogP contribution in [0.15, 0.2) is 42.5 Å². The number of rotatable bonds is 3. The SMILES string of the molecule is CC1(C)Oc2cc(-c3cccc(F)c3)ccc2C1NC(=O)O[C@H]1CN2CCC1CC2. The Labute approximate surface area is 176 Å². The van der Waals surface area contributed by atoms with Gasteiger partial charge in [-0.2, -0.15) is 0 Å². The largest absolute Gasteiger partial charge is 0.485 e. The normalized spacial score (nSPS) is 28.5. The molecule has 6 rings (SSSR count). The molecule has 1 N–H and O–H groups in total. The summed E-state index contributed by atoms with van der Waals surface area (Å²) < 4.78 is 25.6. The van der Waals surface area contributed by atoms with Gasteiger partial charge in [-0.1, -0.05) is 24.3 Å². The number of piperidine rings is 3. The molecule has 1 amide bonds. The first-order valence-corrected chi connectivity index (χ1v) is 10.7. The number of nitrogens with one attached hydrogen (secondary N) is 1. The van der Waals surface area contributed by atoms with Gasteiger partial charge < -0.3 is 14.8 Å². The number of carbonyl (C=O) groups is 1. The monoisotopic (exact) mass is 410 g/mol. The molecule has 2 aromatic rings. The van der Waals surface area contributed by atoms with Crippen LogP contribution in [0.1, 0.15) is 38.3 Å². The number of fused-ring (bicyclic) bond motifs is 4. The molecule has 5 nitrogen and oxygen atoms in total. The van der Waals surface area contributed by atoms with Crippen LogP contribution >= 0.6 is 0 Å². The molecule has 4 heterocycles. The maximum absolute atomic E-state index is 13.6. The number of halogens is 1. The zero-order valence-electron chi connectivity index (χ0n) is 17.4. The Morgan fingerprint density at radius 3 is 2.63 bits per heavy atom. The summed E-state index contributed by atoms with van der Waals surface area (Å²) in [5.41, 5.74) is 1.96.